The van der Waals surface area contributed by atoms with Crippen LogP contribution in [0.4, 0.5) is 5.82 Å². The highest BCUT2D eigenvalue weighted by atomic mass is 16.1. The van der Waals surface area contributed by atoms with Crippen molar-refractivity contribution in [3.63, 3.8) is 0 Å². The first-order valence-corrected chi connectivity index (χ1v) is 5.59. The topological polar surface area (TPSA) is 69.0 Å². The van der Waals surface area contributed by atoms with Crippen molar-refractivity contribution in [3.8, 4) is 6.07 Å². The standard InChI is InChI=1S/C12H14N4O/c1-9-2-4-15-12(10(9)8-13)16-6-3-11(17)14-5-7-16/h2,4H,3,5-7H2,1H3,(H,14,17). The van der Waals surface area contributed by atoms with Crippen molar-refractivity contribution in [3.05, 3.63) is 23.4 Å². The van der Waals surface area contributed by atoms with Crippen molar-refractivity contribution < 1.29 is 4.79 Å². The Morgan fingerprint density at radius 1 is 1.53 bits per heavy atom. The summed E-state index contributed by atoms with van der Waals surface area (Å²) >= 11 is 0. The monoisotopic (exact) mass is 230 g/mol. The number of amides is 1. The highest BCUT2D eigenvalue weighted by Crippen LogP contribution is 2.20. The van der Waals surface area contributed by atoms with E-state index in [1.807, 2.05) is 17.9 Å². The number of hydrogen-bond donors (Lipinski definition) is 1. The number of carbonyl (C=O) groups is 1. The van der Waals surface area contributed by atoms with E-state index in [0.717, 1.165) is 5.56 Å². The van der Waals surface area contributed by atoms with Gasteiger partial charge in [0.1, 0.15) is 11.9 Å². The predicted octanol–water partition coefficient (Wildman–Crippen LogP) is 0.588. The second kappa shape index (κ2) is 4.83. The van der Waals surface area contributed by atoms with Crippen LogP contribution in [0.3, 0.4) is 0 Å². The number of anilines is 1. The lowest BCUT2D eigenvalue weighted by Gasteiger charge is -2.22. The van der Waals surface area contributed by atoms with Gasteiger partial charge in [0.25, 0.3) is 0 Å². The Balaban J connectivity index is 2.31. The van der Waals surface area contributed by atoms with Crippen molar-refractivity contribution in [2.24, 2.45) is 0 Å². The van der Waals surface area contributed by atoms with Crippen LogP contribution in [0.5, 0.6) is 0 Å². The lowest BCUT2D eigenvalue weighted by molar-refractivity contribution is -0.120. The maximum Gasteiger partial charge on any atom is 0.221 e. The van der Waals surface area contributed by atoms with Crippen LogP contribution < -0.4 is 10.2 Å². The summed E-state index contributed by atoms with van der Waals surface area (Å²) in [7, 11) is 0. The number of aromatic nitrogens is 1. The van der Waals surface area contributed by atoms with Gasteiger partial charge in [-0.15, -0.1) is 0 Å². The molecule has 1 amide bonds. The molecular formula is C12H14N4O. The molecule has 2 rings (SSSR count). The van der Waals surface area contributed by atoms with Gasteiger partial charge in [0.05, 0.1) is 5.56 Å². The first-order valence-electron chi connectivity index (χ1n) is 5.59. The molecule has 1 aliphatic heterocycles. The van der Waals surface area contributed by atoms with Crippen LogP contribution in [0.15, 0.2) is 12.3 Å². The van der Waals surface area contributed by atoms with Crippen molar-refractivity contribution in [2.75, 3.05) is 24.5 Å². The maximum atomic E-state index is 11.3. The molecule has 1 fully saturated rings. The normalized spacial score (nSPS) is 16.0. The second-order valence-corrected chi connectivity index (χ2v) is 4.03. The molecule has 0 saturated carbocycles. The molecule has 1 aromatic heterocycles. The Labute approximate surface area is 100 Å². The van der Waals surface area contributed by atoms with Gasteiger partial charge in [-0.05, 0) is 18.6 Å². The Bertz CT molecular complexity index is 478. The maximum absolute atomic E-state index is 11.3. The number of aryl methyl sites for hydroxylation is 1. The summed E-state index contributed by atoms with van der Waals surface area (Å²) in [5.74, 6) is 0.739. The lowest BCUT2D eigenvalue weighted by Crippen LogP contribution is -2.29. The first-order chi connectivity index (χ1) is 8.22. The van der Waals surface area contributed by atoms with Crippen LogP contribution in [0.1, 0.15) is 17.5 Å². The lowest BCUT2D eigenvalue weighted by atomic mass is 10.1. The summed E-state index contributed by atoms with van der Waals surface area (Å²) in [5.41, 5.74) is 1.52. The van der Waals surface area contributed by atoms with Gasteiger partial charge >= 0.3 is 0 Å². The molecule has 1 aromatic rings. The molecule has 0 aliphatic carbocycles. The minimum atomic E-state index is 0.0543. The molecule has 0 radical (unpaired) electrons. The third-order valence-corrected chi connectivity index (χ3v) is 2.86. The molecule has 0 atom stereocenters. The Morgan fingerprint density at radius 3 is 3.12 bits per heavy atom. The van der Waals surface area contributed by atoms with E-state index in [9.17, 15) is 4.79 Å². The smallest absolute Gasteiger partial charge is 0.221 e. The van der Waals surface area contributed by atoms with E-state index in [2.05, 4.69) is 16.4 Å². The zero-order valence-electron chi connectivity index (χ0n) is 9.73. The van der Waals surface area contributed by atoms with Crippen molar-refractivity contribution in [2.45, 2.75) is 13.3 Å². The van der Waals surface area contributed by atoms with Crippen molar-refractivity contribution in [1.29, 1.82) is 5.26 Å². The van der Waals surface area contributed by atoms with Gasteiger partial charge in [0, 0.05) is 32.3 Å². The third kappa shape index (κ3) is 2.36. The van der Waals surface area contributed by atoms with Gasteiger partial charge in [-0.25, -0.2) is 4.98 Å². The van der Waals surface area contributed by atoms with Gasteiger partial charge in [-0.3, -0.25) is 4.79 Å². The fraction of sp³-hybridized carbons (Fsp3) is 0.417. The predicted molar refractivity (Wildman–Crippen MR) is 63.5 cm³/mol. The third-order valence-electron chi connectivity index (χ3n) is 2.86. The molecule has 5 heteroatoms. The Hall–Kier alpha value is -2.09. The molecule has 0 unspecified atom stereocenters. The van der Waals surface area contributed by atoms with E-state index in [4.69, 9.17) is 5.26 Å². The minimum Gasteiger partial charge on any atom is -0.354 e. The van der Waals surface area contributed by atoms with E-state index < -0.39 is 0 Å². The van der Waals surface area contributed by atoms with Crippen LogP contribution in [0.2, 0.25) is 0 Å². The van der Waals surface area contributed by atoms with E-state index in [1.165, 1.54) is 0 Å². The molecule has 0 bridgehead atoms. The summed E-state index contributed by atoms with van der Waals surface area (Å²) in [4.78, 5) is 17.5. The minimum absolute atomic E-state index is 0.0543. The molecular weight excluding hydrogens is 216 g/mol. The number of nitrogens with one attached hydrogen (secondary N) is 1. The molecule has 2 heterocycles. The van der Waals surface area contributed by atoms with E-state index in [-0.39, 0.29) is 5.91 Å². The van der Waals surface area contributed by atoms with Crippen LogP contribution in [-0.4, -0.2) is 30.5 Å². The highest BCUT2D eigenvalue weighted by molar-refractivity contribution is 5.77. The van der Waals surface area contributed by atoms with Gasteiger partial charge in [0.2, 0.25) is 5.91 Å². The fourth-order valence-electron chi connectivity index (χ4n) is 1.90. The molecule has 1 aliphatic rings. The Kier molecular flexibility index (Phi) is 3.24. The summed E-state index contributed by atoms with van der Waals surface area (Å²) in [5, 5.41) is 12.0. The number of nitriles is 1. The zero-order valence-corrected chi connectivity index (χ0v) is 9.73. The summed E-state index contributed by atoms with van der Waals surface area (Å²) < 4.78 is 0. The second-order valence-electron chi connectivity index (χ2n) is 4.03. The molecule has 17 heavy (non-hydrogen) atoms. The van der Waals surface area contributed by atoms with Crippen molar-refractivity contribution in [1.82, 2.24) is 10.3 Å². The number of pyridine rings is 1. The zero-order chi connectivity index (χ0) is 12.3. The quantitative estimate of drug-likeness (QED) is 0.766. The molecule has 0 aromatic carbocycles. The summed E-state index contributed by atoms with van der Waals surface area (Å²) in [6.07, 6.45) is 2.14. The average Bonchev–Trinajstić information content (AvgIpc) is 2.54. The van der Waals surface area contributed by atoms with Gasteiger partial charge < -0.3 is 10.2 Å². The van der Waals surface area contributed by atoms with E-state index >= 15 is 0 Å². The molecule has 5 nitrogen and oxygen atoms in total. The molecule has 0 spiro atoms. The van der Waals surface area contributed by atoms with Crippen LogP contribution in [0.25, 0.3) is 0 Å². The van der Waals surface area contributed by atoms with Crippen molar-refractivity contribution >= 4 is 11.7 Å². The van der Waals surface area contributed by atoms with Gasteiger partial charge in [0.15, 0.2) is 0 Å². The summed E-state index contributed by atoms with van der Waals surface area (Å²) in [6.45, 7) is 3.79. The van der Waals surface area contributed by atoms with Crippen LogP contribution in [0, 0.1) is 18.3 Å². The SMILES string of the molecule is Cc1ccnc(N2CCNC(=O)CC2)c1C#N. The highest BCUT2D eigenvalue weighted by Gasteiger charge is 2.18. The number of rotatable bonds is 1. The molecule has 1 saturated heterocycles. The van der Waals surface area contributed by atoms with Gasteiger partial charge in [-0.2, -0.15) is 5.26 Å². The molecule has 88 valence electrons. The summed E-state index contributed by atoms with van der Waals surface area (Å²) in [6, 6.07) is 4.01. The average molecular weight is 230 g/mol. The fourth-order valence-corrected chi connectivity index (χ4v) is 1.90. The molecule has 1 N–H and O–H groups in total. The van der Waals surface area contributed by atoms with Gasteiger partial charge in [-0.1, -0.05) is 0 Å². The first kappa shape index (κ1) is 11.4. The number of hydrogen-bond acceptors (Lipinski definition) is 4. The van der Waals surface area contributed by atoms with Crippen LogP contribution >= 0.6 is 0 Å². The largest absolute Gasteiger partial charge is 0.354 e. The number of carbonyl (C=O) groups excluding carboxylic acids is 1. The van der Waals surface area contributed by atoms with E-state index in [1.54, 1.807) is 6.20 Å². The van der Waals surface area contributed by atoms with Crippen LogP contribution in [-0.2, 0) is 4.79 Å². The number of nitrogens with zero attached hydrogens (tertiary/aromatic N) is 3. The Morgan fingerprint density at radius 2 is 2.35 bits per heavy atom. The van der Waals surface area contributed by atoms with E-state index in [0.29, 0.717) is 37.4 Å².